The summed E-state index contributed by atoms with van der Waals surface area (Å²) >= 11 is 0. The minimum absolute atomic E-state index is 0.0214. The summed E-state index contributed by atoms with van der Waals surface area (Å²) in [6.45, 7) is 4.16. The van der Waals surface area contributed by atoms with E-state index in [1.165, 1.54) is 6.20 Å². The highest BCUT2D eigenvalue weighted by Crippen LogP contribution is 2.11. The van der Waals surface area contributed by atoms with Crippen LogP contribution in [0.4, 0.5) is 11.6 Å². The van der Waals surface area contributed by atoms with E-state index >= 15 is 0 Å². The molecule has 0 atom stereocenters. The molecule has 47 heavy (non-hydrogen) atoms. The summed E-state index contributed by atoms with van der Waals surface area (Å²) in [7, 11) is 0. The lowest BCUT2D eigenvalue weighted by Gasteiger charge is -2.09. The van der Waals surface area contributed by atoms with E-state index in [0.717, 1.165) is 5.69 Å². The number of carboxylic acid groups (broad SMARTS) is 1. The van der Waals surface area contributed by atoms with Crippen LogP contribution in [0.5, 0.6) is 0 Å². The average Bonchev–Trinajstić information content (AvgIpc) is 3.06. The Morgan fingerprint density at radius 2 is 1.60 bits per heavy atom. The molecule has 0 unspecified atom stereocenters. The summed E-state index contributed by atoms with van der Waals surface area (Å²) in [6, 6.07) is 6.89. The van der Waals surface area contributed by atoms with Crippen LogP contribution < -0.4 is 27.2 Å². The number of nitrogens with one attached hydrogen (secondary N) is 4. The number of aromatic amines is 1. The molecule has 2 aromatic heterocycles. The van der Waals surface area contributed by atoms with Gasteiger partial charge in [0.1, 0.15) is 6.61 Å². The van der Waals surface area contributed by atoms with Crippen LogP contribution in [0.3, 0.4) is 0 Å². The predicted molar refractivity (Wildman–Crippen MR) is 172 cm³/mol. The molecule has 3 aromatic rings. The lowest BCUT2D eigenvalue weighted by Crippen LogP contribution is -2.29. The van der Waals surface area contributed by atoms with Crippen molar-refractivity contribution >= 4 is 41.1 Å². The number of amides is 2. The molecule has 17 heteroatoms. The summed E-state index contributed by atoms with van der Waals surface area (Å²) in [5.41, 5.74) is 7.12. The van der Waals surface area contributed by atoms with Crippen LogP contribution >= 0.6 is 0 Å². The summed E-state index contributed by atoms with van der Waals surface area (Å²) in [5, 5.41) is 15.7. The van der Waals surface area contributed by atoms with Crippen LogP contribution in [0.1, 0.15) is 28.9 Å². The number of nitrogens with two attached hydrogens (primary N) is 1. The molecule has 1 aromatic carbocycles. The maximum atomic E-state index is 12.4. The van der Waals surface area contributed by atoms with E-state index in [0.29, 0.717) is 83.6 Å². The van der Waals surface area contributed by atoms with Crippen molar-refractivity contribution < 1.29 is 38.4 Å². The Kier molecular flexibility index (Phi) is 18.8. The number of hydrogen-bond acceptors (Lipinski definition) is 13. The fourth-order valence-corrected chi connectivity index (χ4v) is 3.68. The Hall–Kier alpha value is -5.15. The number of ether oxygens (including phenoxy) is 4. The molecule has 0 bridgehead atoms. The minimum Gasteiger partial charge on any atom is -0.483 e. The SMILES string of the molecule is C#CCOCCOCCOCCOCCNC(=O)CCCNC(=O)c1ccc(NCc2cnc3nc(N)[nH]c(=O)c3n2)cc1.O=CO. The molecule has 0 spiro atoms. The van der Waals surface area contributed by atoms with Crippen molar-refractivity contribution in [2.24, 2.45) is 0 Å². The zero-order valence-corrected chi connectivity index (χ0v) is 25.9. The van der Waals surface area contributed by atoms with Gasteiger partial charge in [0.15, 0.2) is 11.2 Å². The molecule has 0 saturated heterocycles. The summed E-state index contributed by atoms with van der Waals surface area (Å²) in [5.74, 6) is 2.01. The first-order chi connectivity index (χ1) is 22.9. The largest absolute Gasteiger partial charge is 0.483 e. The second-order valence-electron chi connectivity index (χ2n) is 9.32. The highest BCUT2D eigenvalue weighted by Gasteiger charge is 2.08. The Morgan fingerprint density at radius 3 is 2.26 bits per heavy atom. The Balaban J connectivity index is 0.00000246. The molecule has 0 aliphatic heterocycles. The predicted octanol–water partition coefficient (Wildman–Crippen LogP) is -0.0660. The summed E-state index contributed by atoms with van der Waals surface area (Å²) < 4.78 is 21.2. The Labute approximate surface area is 271 Å². The number of nitrogens with zero attached hydrogens (tertiary/aromatic N) is 3. The van der Waals surface area contributed by atoms with Crippen molar-refractivity contribution in [2.45, 2.75) is 19.4 Å². The monoisotopic (exact) mass is 656 g/mol. The van der Waals surface area contributed by atoms with Gasteiger partial charge in [-0.05, 0) is 30.7 Å². The lowest BCUT2D eigenvalue weighted by molar-refractivity contribution is -0.123. The van der Waals surface area contributed by atoms with E-state index in [1.54, 1.807) is 24.3 Å². The molecule has 17 nitrogen and oxygen atoms in total. The van der Waals surface area contributed by atoms with Gasteiger partial charge in [-0.1, -0.05) is 5.92 Å². The Bertz CT molecular complexity index is 1480. The zero-order chi connectivity index (χ0) is 34.1. The normalized spacial score (nSPS) is 10.4. The van der Waals surface area contributed by atoms with Gasteiger partial charge >= 0.3 is 0 Å². The first-order valence-corrected chi connectivity index (χ1v) is 14.6. The van der Waals surface area contributed by atoms with Crippen LogP contribution in [0.2, 0.25) is 0 Å². The lowest BCUT2D eigenvalue weighted by atomic mass is 10.2. The van der Waals surface area contributed by atoms with Gasteiger partial charge in [-0.25, -0.2) is 9.97 Å². The number of terminal acetylenes is 1. The molecule has 3 rings (SSSR count). The van der Waals surface area contributed by atoms with Crippen LogP contribution in [-0.2, 0) is 35.1 Å². The number of benzene rings is 1. The van der Waals surface area contributed by atoms with Gasteiger partial charge in [0.25, 0.3) is 17.9 Å². The number of anilines is 2. The van der Waals surface area contributed by atoms with Crippen LogP contribution in [0.15, 0.2) is 35.3 Å². The number of fused-ring (bicyclic) bond motifs is 1. The number of hydrogen-bond donors (Lipinski definition) is 6. The highest BCUT2D eigenvalue weighted by atomic mass is 16.6. The average molecular weight is 657 g/mol. The van der Waals surface area contributed by atoms with E-state index in [4.69, 9.17) is 41.0 Å². The molecule has 0 aliphatic rings. The topological polar surface area (TPSA) is 242 Å². The molecule has 254 valence electrons. The maximum Gasteiger partial charge on any atom is 0.290 e. The summed E-state index contributed by atoms with van der Waals surface area (Å²) in [4.78, 5) is 59.6. The Morgan fingerprint density at radius 1 is 0.957 bits per heavy atom. The van der Waals surface area contributed by atoms with Gasteiger partial charge in [0, 0.05) is 30.8 Å². The smallest absolute Gasteiger partial charge is 0.290 e. The highest BCUT2D eigenvalue weighted by molar-refractivity contribution is 5.94. The molecular weight excluding hydrogens is 616 g/mol. The molecule has 2 heterocycles. The first kappa shape index (κ1) is 38.0. The molecule has 7 N–H and O–H groups in total. The van der Waals surface area contributed by atoms with Gasteiger partial charge in [-0.2, -0.15) is 4.98 Å². The van der Waals surface area contributed by atoms with E-state index in [1.807, 2.05) is 0 Å². The van der Waals surface area contributed by atoms with E-state index < -0.39 is 5.56 Å². The number of carbonyl (C=O) groups excluding carboxylic acids is 2. The number of nitrogen functional groups attached to an aromatic ring is 1. The first-order valence-electron chi connectivity index (χ1n) is 14.6. The third-order valence-corrected chi connectivity index (χ3v) is 5.84. The van der Waals surface area contributed by atoms with E-state index in [-0.39, 0.29) is 48.4 Å². The van der Waals surface area contributed by atoms with Crippen molar-refractivity contribution in [1.82, 2.24) is 30.6 Å². The standard InChI is InChI=1S/C29H38N8O7.CH2O2/c1-2-11-41-13-15-43-17-18-44-16-14-42-12-10-31-24(38)4-3-9-32-27(39)21-5-7-22(8-6-21)33-19-23-20-34-26-25(35-23)28(40)37-29(30)36-26;2-1-3/h1,5-8,20,33H,3-4,9-19H2,(H,31,38)(H,32,39)(H3,30,34,36,37,40);1H,(H,2,3). The zero-order valence-electron chi connectivity index (χ0n) is 25.9. The van der Waals surface area contributed by atoms with E-state index in [9.17, 15) is 14.4 Å². The van der Waals surface area contributed by atoms with Gasteiger partial charge < -0.3 is 45.7 Å². The van der Waals surface area contributed by atoms with E-state index in [2.05, 4.69) is 41.8 Å². The molecule has 0 saturated carbocycles. The number of rotatable bonds is 21. The van der Waals surface area contributed by atoms with Crippen molar-refractivity contribution in [3.63, 3.8) is 0 Å². The third kappa shape index (κ3) is 16.1. The van der Waals surface area contributed by atoms with Crippen molar-refractivity contribution in [2.75, 3.05) is 77.0 Å². The maximum absolute atomic E-state index is 12.4. The van der Waals surface area contributed by atoms with Gasteiger partial charge in [-0.15, -0.1) is 6.42 Å². The second-order valence-corrected chi connectivity index (χ2v) is 9.32. The number of carbonyl (C=O) groups is 3. The molecular formula is C30H40N8O9. The van der Waals surface area contributed by atoms with Gasteiger partial charge in [-0.3, -0.25) is 24.2 Å². The quantitative estimate of drug-likeness (QED) is 0.0500. The minimum atomic E-state index is -0.459. The van der Waals surface area contributed by atoms with Crippen LogP contribution in [0.25, 0.3) is 11.2 Å². The third-order valence-electron chi connectivity index (χ3n) is 5.84. The van der Waals surface area contributed by atoms with Crippen molar-refractivity contribution in [3.8, 4) is 12.3 Å². The van der Waals surface area contributed by atoms with Gasteiger partial charge in [0.2, 0.25) is 11.9 Å². The molecule has 0 aliphatic carbocycles. The molecule has 2 amide bonds. The fourth-order valence-electron chi connectivity index (χ4n) is 3.68. The van der Waals surface area contributed by atoms with Crippen molar-refractivity contribution in [3.05, 3.63) is 52.1 Å². The molecule has 0 fully saturated rings. The van der Waals surface area contributed by atoms with Crippen LogP contribution in [-0.4, -0.2) is 109 Å². The van der Waals surface area contributed by atoms with Crippen LogP contribution in [0, 0.1) is 12.3 Å². The molecule has 0 radical (unpaired) electrons. The fraction of sp³-hybridized carbons (Fsp3) is 0.433. The number of aromatic nitrogens is 4. The van der Waals surface area contributed by atoms with Gasteiger partial charge in [0.05, 0.1) is 64.7 Å². The van der Waals surface area contributed by atoms with Crippen molar-refractivity contribution in [1.29, 1.82) is 0 Å². The second kappa shape index (κ2) is 23.2. The summed E-state index contributed by atoms with van der Waals surface area (Å²) in [6.07, 6.45) is 7.37. The number of H-pyrrole nitrogens is 1.